The van der Waals surface area contributed by atoms with Crippen LogP contribution in [0.25, 0.3) is 0 Å². The number of hydrogen-bond donors (Lipinski definition) is 2. The van der Waals surface area contributed by atoms with E-state index < -0.39 is 5.54 Å². The Kier molecular flexibility index (Phi) is 7.73. The first-order chi connectivity index (χ1) is 18.6. The number of aromatic nitrogens is 2. The first-order valence-corrected chi connectivity index (χ1v) is 13.5. The van der Waals surface area contributed by atoms with Gasteiger partial charge in [0.15, 0.2) is 0 Å². The summed E-state index contributed by atoms with van der Waals surface area (Å²) in [6.45, 7) is 14.3. The molecule has 1 fully saturated rings. The molecule has 1 aliphatic rings. The summed E-state index contributed by atoms with van der Waals surface area (Å²) in [4.78, 5) is 45.0. The van der Waals surface area contributed by atoms with Gasteiger partial charge in [0.1, 0.15) is 11.5 Å². The topological polar surface area (TPSA) is 117 Å². The summed E-state index contributed by atoms with van der Waals surface area (Å²) in [6.07, 6.45) is 2.23. The highest BCUT2D eigenvalue weighted by atomic mass is 16.5. The van der Waals surface area contributed by atoms with Gasteiger partial charge in [-0.2, -0.15) is 0 Å². The number of likely N-dealkylation sites (tertiary alicyclic amines) is 1. The van der Waals surface area contributed by atoms with E-state index in [2.05, 4.69) is 53.4 Å². The lowest BCUT2D eigenvalue weighted by Gasteiger charge is -2.54. The van der Waals surface area contributed by atoms with Crippen LogP contribution in [-0.2, 0) is 21.4 Å². The van der Waals surface area contributed by atoms with Gasteiger partial charge in [-0.3, -0.25) is 29.6 Å². The van der Waals surface area contributed by atoms with Crippen LogP contribution in [0.1, 0.15) is 88.1 Å². The van der Waals surface area contributed by atoms with Crippen molar-refractivity contribution in [3.63, 3.8) is 0 Å². The molecule has 3 heterocycles. The molecular formula is C31H39N5O4. The van der Waals surface area contributed by atoms with E-state index in [4.69, 9.17) is 4.52 Å². The summed E-state index contributed by atoms with van der Waals surface area (Å²) in [7, 11) is 2.05. The van der Waals surface area contributed by atoms with Crippen molar-refractivity contribution in [2.45, 2.75) is 83.7 Å². The van der Waals surface area contributed by atoms with Gasteiger partial charge in [-0.1, -0.05) is 44.1 Å². The Morgan fingerprint density at radius 1 is 1.05 bits per heavy atom. The van der Waals surface area contributed by atoms with Crippen molar-refractivity contribution in [2.24, 2.45) is 0 Å². The van der Waals surface area contributed by atoms with E-state index in [1.807, 2.05) is 33.9 Å². The Morgan fingerprint density at radius 2 is 1.73 bits per heavy atom. The van der Waals surface area contributed by atoms with Gasteiger partial charge in [-0.15, -0.1) is 0 Å². The van der Waals surface area contributed by atoms with Gasteiger partial charge in [-0.25, -0.2) is 0 Å². The number of carbonyl (C=O) groups excluding carboxylic acids is 3. The van der Waals surface area contributed by atoms with Gasteiger partial charge < -0.3 is 9.84 Å². The van der Waals surface area contributed by atoms with Crippen LogP contribution in [0.2, 0.25) is 0 Å². The lowest BCUT2D eigenvalue weighted by molar-refractivity contribution is -0.135. The molecule has 0 spiro atoms. The van der Waals surface area contributed by atoms with Crippen LogP contribution in [0.3, 0.4) is 0 Å². The van der Waals surface area contributed by atoms with Gasteiger partial charge in [0.25, 0.3) is 5.91 Å². The zero-order valence-corrected chi connectivity index (χ0v) is 24.6. The SMILES string of the molecule is CN1C(C)(C)CC(=O)C(c2ccc(C(=O)Nc3ccc(CC(=O)Nc4cc(C(C)(C)C)no4)cc3)nc2)C1(C)C. The van der Waals surface area contributed by atoms with E-state index in [-0.39, 0.29) is 46.6 Å². The molecule has 1 aliphatic heterocycles. The molecule has 9 nitrogen and oxygen atoms in total. The second-order valence-corrected chi connectivity index (χ2v) is 12.8. The summed E-state index contributed by atoms with van der Waals surface area (Å²) < 4.78 is 5.22. The number of hydrogen-bond acceptors (Lipinski definition) is 7. The van der Waals surface area contributed by atoms with E-state index in [0.717, 1.165) is 16.8 Å². The number of Topliss-reactive ketones (excluding diaryl/α,β-unsaturated/α-hetero) is 1. The summed E-state index contributed by atoms with van der Waals surface area (Å²) in [6, 6.07) is 12.2. The Labute approximate surface area is 235 Å². The van der Waals surface area contributed by atoms with E-state index in [1.165, 1.54) is 0 Å². The minimum Gasteiger partial charge on any atom is -0.338 e. The predicted molar refractivity (Wildman–Crippen MR) is 154 cm³/mol. The van der Waals surface area contributed by atoms with Gasteiger partial charge in [0.05, 0.1) is 18.0 Å². The van der Waals surface area contributed by atoms with Crippen LogP contribution in [0.15, 0.2) is 53.2 Å². The predicted octanol–water partition coefficient (Wildman–Crippen LogP) is 5.35. The minimum absolute atomic E-state index is 0.144. The standard InChI is InChI=1S/C31H39N5O4/c1-29(2,3)24-16-26(40-35-24)34-25(38)15-19-9-12-21(13-10-19)33-28(39)22-14-11-20(18-32-22)27-23(37)17-30(4,5)36(8)31(27,6)7/h9-14,16,18,27H,15,17H2,1-8H3,(H,33,39)(H,34,38). The highest BCUT2D eigenvalue weighted by Gasteiger charge is 2.50. The van der Waals surface area contributed by atoms with Crippen LogP contribution < -0.4 is 10.6 Å². The molecule has 1 atom stereocenters. The third-order valence-electron chi connectivity index (χ3n) is 7.88. The number of carbonyl (C=O) groups is 3. The third-order valence-corrected chi connectivity index (χ3v) is 7.88. The number of pyridine rings is 1. The van der Waals surface area contributed by atoms with Crippen molar-refractivity contribution in [1.29, 1.82) is 0 Å². The monoisotopic (exact) mass is 545 g/mol. The number of likely N-dealkylation sites (N-methyl/N-ethyl adjacent to an activating group) is 1. The number of anilines is 2. The number of ketones is 1. The Hall–Kier alpha value is -3.85. The van der Waals surface area contributed by atoms with E-state index in [0.29, 0.717) is 18.0 Å². The van der Waals surface area contributed by atoms with Crippen molar-refractivity contribution >= 4 is 29.2 Å². The van der Waals surface area contributed by atoms with Crippen molar-refractivity contribution in [1.82, 2.24) is 15.0 Å². The summed E-state index contributed by atoms with van der Waals surface area (Å²) in [5.41, 5.74) is 2.38. The van der Waals surface area contributed by atoms with E-state index >= 15 is 0 Å². The average Bonchev–Trinajstić information content (AvgIpc) is 3.33. The van der Waals surface area contributed by atoms with Crippen molar-refractivity contribution < 1.29 is 18.9 Å². The zero-order chi connectivity index (χ0) is 29.5. The highest BCUT2D eigenvalue weighted by Crippen LogP contribution is 2.43. The molecule has 2 amide bonds. The molecular weight excluding hydrogens is 506 g/mol. The fraction of sp³-hybridized carbons (Fsp3) is 0.452. The molecule has 1 aromatic carbocycles. The fourth-order valence-corrected chi connectivity index (χ4v) is 5.27. The average molecular weight is 546 g/mol. The minimum atomic E-state index is -0.396. The maximum Gasteiger partial charge on any atom is 0.274 e. The van der Waals surface area contributed by atoms with E-state index in [1.54, 1.807) is 42.6 Å². The van der Waals surface area contributed by atoms with Gasteiger partial charge in [-0.05, 0) is 64.1 Å². The Bertz CT molecular complexity index is 1400. The number of nitrogens with one attached hydrogen (secondary N) is 2. The molecule has 2 N–H and O–H groups in total. The number of piperidine rings is 1. The number of nitrogens with zero attached hydrogens (tertiary/aromatic N) is 3. The number of amides is 2. The maximum absolute atomic E-state index is 13.1. The van der Waals surface area contributed by atoms with Gasteiger partial charge >= 0.3 is 0 Å². The molecule has 4 rings (SSSR count). The molecule has 0 aliphatic carbocycles. The molecule has 1 unspecified atom stereocenters. The lowest BCUT2D eigenvalue weighted by Crippen LogP contribution is -2.62. The van der Waals surface area contributed by atoms with Crippen molar-refractivity contribution in [2.75, 3.05) is 17.7 Å². The highest BCUT2D eigenvalue weighted by molar-refractivity contribution is 6.03. The summed E-state index contributed by atoms with van der Waals surface area (Å²) in [5, 5.41) is 9.57. The van der Waals surface area contributed by atoms with Crippen molar-refractivity contribution in [3.8, 4) is 0 Å². The fourth-order valence-electron chi connectivity index (χ4n) is 5.27. The first-order valence-electron chi connectivity index (χ1n) is 13.5. The van der Waals surface area contributed by atoms with Crippen LogP contribution >= 0.6 is 0 Å². The third kappa shape index (κ3) is 6.14. The first kappa shape index (κ1) is 29.1. The lowest BCUT2D eigenvalue weighted by atomic mass is 9.69. The number of benzene rings is 1. The summed E-state index contributed by atoms with van der Waals surface area (Å²) >= 11 is 0. The number of rotatable bonds is 6. The van der Waals surface area contributed by atoms with Crippen molar-refractivity contribution in [3.05, 3.63) is 71.2 Å². The molecule has 2 aromatic heterocycles. The van der Waals surface area contributed by atoms with E-state index in [9.17, 15) is 14.4 Å². The molecule has 0 bridgehead atoms. The smallest absolute Gasteiger partial charge is 0.274 e. The molecule has 1 saturated heterocycles. The molecule has 0 radical (unpaired) electrons. The molecule has 0 saturated carbocycles. The summed E-state index contributed by atoms with van der Waals surface area (Å²) in [5.74, 6) is -0.429. The largest absolute Gasteiger partial charge is 0.338 e. The molecule has 9 heteroatoms. The maximum atomic E-state index is 13.1. The normalized spacial score (nSPS) is 18.8. The Balaban J connectivity index is 1.35. The Morgan fingerprint density at radius 3 is 2.30 bits per heavy atom. The van der Waals surface area contributed by atoms with Crippen LogP contribution in [0.5, 0.6) is 0 Å². The van der Waals surface area contributed by atoms with Crippen LogP contribution in [-0.4, -0.2) is 50.8 Å². The van der Waals surface area contributed by atoms with Crippen LogP contribution in [0, 0.1) is 0 Å². The molecule has 212 valence electrons. The molecule has 3 aromatic rings. The second-order valence-electron chi connectivity index (χ2n) is 12.8. The quantitative estimate of drug-likeness (QED) is 0.429. The van der Waals surface area contributed by atoms with Gasteiger partial charge in [0, 0.05) is 40.9 Å². The zero-order valence-electron chi connectivity index (χ0n) is 24.6. The van der Waals surface area contributed by atoms with Gasteiger partial charge in [0.2, 0.25) is 11.8 Å². The second kappa shape index (κ2) is 10.6. The molecule has 40 heavy (non-hydrogen) atoms. The van der Waals surface area contributed by atoms with Crippen LogP contribution in [0.4, 0.5) is 11.6 Å².